The Morgan fingerprint density at radius 3 is 1.75 bits per heavy atom. The van der Waals surface area contributed by atoms with Crippen molar-refractivity contribution in [2.24, 2.45) is 0 Å². The van der Waals surface area contributed by atoms with Crippen LogP contribution >= 0.6 is 23.2 Å². The molecular formula is C46H55Cl2N9O8. The molecule has 0 unspecified atom stereocenters. The number of aromatic nitrogens is 4. The molecule has 3 heterocycles. The summed E-state index contributed by atoms with van der Waals surface area (Å²) < 4.78 is 22.1. The molecule has 0 spiro atoms. The van der Waals surface area contributed by atoms with Crippen molar-refractivity contribution >= 4 is 46.7 Å². The topological polar surface area (TPSA) is 214 Å². The molecule has 0 saturated carbocycles. The lowest BCUT2D eigenvalue weighted by Crippen LogP contribution is -2.50. The summed E-state index contributed by atoms with van der Waals surface area (Å²) in [7, 11) is 2.09. The summed E-state index contributed by atoms with van der Waals surface area (Å²) in [6, 6.07) is 26.0. The highest BCUT2D eigenvalue weighted by atomic mass is 35.5. The van der Waals surface area contributed by atoms with Gasteiger partial charge >= 0.3 is 0 Å². The highest BCUT2D eigenvalue weighted by Gasteiger charge is 2.30. The second kappa shape index (κ2) is 26.0. The van der Waals surface area contributed by atoms with Gasteiger partial charge in [0.1, 0.15) is 11.6 Å². The van der Waals surface area contributed by atoms with E-state index in [9.17, 15) is 19.8 Å². The number of amides is 2. The lowest BCUT2D eigenvalue weighted by atomic mass is 9.84. The quantitative estimate of drug-likeness (QED) is 0.0432. The molecule has 1 aliphatic heterocycles. The molecule has 0 fully saturated rings. The van der Waals surface area contributed by atoms with Crippen LogP contribution in [0.5, 0.6) is 0 Å². The van der Waals surface area contributed by atoms with Crippen LogP contribution < -0.4 is 21.3 Å². The summed E-state index contributed by atoms with van der Waals surface area (Å²) in [5.74, 6) is -0.445. The van der Waals surface area contributed by atoms with E-state index in [2.05, 4.69) is 65.7 Å². The molecule has 0 aliphatic carbocycles. The van der Waals surface area contributed by atoms with Crippen LogP contribution in [0, 0.1) is 0 Å². The Balaban J connectivity index is 0.764. The van der Waals surface area contributed by atoms with Gasteiger partial charge in [-0.1, -0.05) is 77.8 Å². The standard InChI is InChI=1S/C46H55Cl2N9O8/c1-57-29-38(37-25-36(47)26-40(48)39(37)30-57)33-9-5-8-32(22-33)35-24-42(56-54-28-35)50-11-15-63-19-21-65-17-13-52-46(61)44(59)43(58)45(60)51-12-16-64-20-18-62-14-10-49-41-23-34(27-53-55-41)31-6-3-2-4-7-31/h2-9,22-28,38,43-44,58-59H,10-21,29-30H2,1H3,(H,49,55)(H,50,56)(H,51,60)(H,52,61)/t38-,43+,44+/m0/s1. The Bertz CT molecular complexity index is 2280. The fourth-order valence-electron chi connectivity index (χ4n) is 7.05. The number of fused-ring (bicyclic) bond motifs is 1. The fraction of sp³-hybridized carbons (Fsp3) is 0.391. The summed E-state index contributed by atoms with van der Waals surface area (Å²) in [6.45, 7) is 4.99. The normalized spacial score (nSPS) is 14.6. The summed E-state index contributed by atoms with van der Waals surface area (Å²) >= 11 is 13.0. The number of carbonyl (C=O) groups is 2. The summed E-state index contributed by atoms with van der Waals surface area (Å²) in [5, 5.41) is 49.5. The maximum absolute atomic E-state index is 12.3. The number of likely N-dealkylation sites (N-methyl/N-ethyl adjacent to an activating group) is 1. The predicted octanol–water partition coefficient (Wildman–Crippen LogP) is 4.03. The Morgan fingerprint density at radius 2 is 1.18 bits per heavy atom. The highest BCUT2D eigenvalue weighted by Crippen LogP contribution is 2.39. The first kappa shape index (κ1) is 49.1. The minimum absolute atomic E-state index is 0.0545. The molecule has 3 atom stereocenters. The molecule has 65 heavy (non-hydrogen) atoms. The molecule has 1 aliphatic rings. The van der Waals surface area contributed by atoms with Gasteiger partial charge in [-0.15, -0.1) is 10.2 Å². The summed E-state index contributed by atoms with van der Waals surface area (Å²) in [4.78, 5) is 26.8. The van der Waals surface area contributed by atoms with E-state index in [1.807, 2.05) is 60.7 Å². The van der Waals surface area contributed by atoms with Gasteiger partial charge in [0.25, 0.3) is 11.8 Å². The number of benzene rings is 3. The maximum Gasteiger partial charge on any atom is 0.252 e. The number of hydrogen-bond donors (Lipinski definition) is 6. The van der Waals surface area contributed by atoms with Crippen LogP contribution in [0.25, 0.3) is 22.3 Å². The van der Waals surface area contributed by atoms with Gasteiger partial charge in [-0.25, -0.2) is 0 Å². The average Bonchev–Trinajstić information content (AvgIpc) is 3.32. The lowest BCUT2D eigenvalue weighted by molar-refractivity contribution is -0.146. The first-order chi connectivity index (χ1) is 31.7. The predicted molar refractivity (Wildman–Crippen MR) is 248 cm³/mol. The third-order valence-electron chi connectivity index (χ3n) is 10.3. The number of nitrogens with one attached hydrogen (secondary N) is 4. The average molecular weight is 933 g/mol. The van der Waals surface area contributed by atoms with Gasteiger partial charge < -0.3 is 55.3 Å². The van der Waals surface area contributed by atoms with E-state index < -0.39 is 24.0 Å². The lowest BCUT2D eigenvalue weighted by Gasteiger charge is -2.33. The van der Waals surface area contributed by atoms with E-state index in [1.54, 1.807) is 18.5 Å². The Morgan fingerprint density at radius 1 is 0.662 bits per heavy atom. The summed E-state index contributed by atoms with van der Waals surface area (Å²) in [5.41, 5.74) is 7.35. The van der Waals surface area contributed by atoms with E-state index >= 15 is 0 Å². The number of aliphatic hydroxyl groups excluding tert-OH is 2. The molecule has 6 N–H and O–H groups in total. The van der Waals surface area contributed by atoms with Gasteiger partial charge in [-0.3, -0.25) is 9.59 Å². The van der Waals surface area contributed by atoms with E-state index in [0.29, 0.717) is 61.2 Å². The molecule has 346 valence electrons. The number of nitrogens with zero attached hydrogens (tertiary/aromatic N) is 5. The smallest absolute Gasteiger partial charge is 0.252 e. The van der Waals surface area contributed by atoms with Crippen LogP contribution in [0.4, 0.5) is 11.6 Å². The van der Waals surface area contributed by atoms with Gasteiger partial charge in [-0.2, -0.15) is 10.2 Å². The minimum atomic E-state index is -1.96. The zero-order valence-corrected chi connectivity index (χ0v) is 37.6. The molecule has 17 nitrogen and oxygen atoms in total. The first-order valence-corrected chi connectivity index (χ1v) is 22.1. The zero-order valence-electron chi connectivity index (χ0n) is 36.1. The monoisotopic (exact) mass is 931 g/mol. The van der Waals surface area contributed by atoms with Crippen molar-refractivity contribution in [1.29, 1.82) is 0 Å². The van der Waals surface area contributed by atoms with Crippen LogP contribution in [0.15, 0.2) is 91.3 Å². The molecule has 3 aromatic carbocycles. The molecule has 2 aromatic heterocycles. The van der Waals surface area contributed by atoms with Crippen molar-refractivity contribution in [2.75, 3.05) is 103 Å². The third-order valence-corrected chi connectivity index (χ3v) is 10.9. The molecule has 6 rings (SSSR count). The molecular weight excluding hydrogens is 877 g/mol. The number of halogens is 2. The first-order valence-electron chi connectivity index (χ1n) is 21.3. The number of rotatable bonds is 26. The molecule has 0 saturated heterocycles. The maximum atomic E-state index is 12.3. The van der Waals surface area contributed by atoms with E-state index in [-0.39, 0.29) is 45.4 Å². The molecule has 0 bridgehead atoms. The van der Waals surface area contributed by atoms with Crippen molar-refractivity contribution < 1.29 is 38.7 Å². The highest BCUT2D eigenvalue weighted by molar-refractivity contribution is 6.35. The van der Waals surface area contributed by atoms with Crippen molar-refractivity contribution in [3.63, 3.8) is 0 Å². The van der Waals surface area contributed by atoms with Crippen LogP contribution in [0.1, 0.15) is 22.6 Å². The summed E-state index contributed by atoms with van der Waals surface area (Å²) in [6.07, 6.45) is -0.476. The van der Waals surface area contributed by atoms with Gasteiger partial charge in [0.05, 0.1) is 65.2 Å². The fourth-order valence-corrected chi connectivity index (χ4v) is 7.62. The number of hydrogen-bond acceptors (Lipinski definition) is 15. The van der Waals surface area contributed by atoms with Gasteiger partial charge in [0, 0.05) is 66.4 Å². The largest absolute Gasteiger partial charge is 0.380 e. The minimum Gasteiger partial charge on any atom is -0.380 e. The van der Waals surface area contributed by atoms with Crippen molar-refractivity contribution in [3.05, 3.63) is 118 Å². The van der Waals surface area contributed by atoms with Gasteiger partial charge in [-0.05, 0) is 59.1 Å². The van der Waals surface area contributed by atoms with Crippen LogP contribution in [0.3, 0.4) is 0 Å². The van der Waals surface area contributed by atoms with Gasteiger partial charge in [0.2, 0.25) is 0 Å². The van der Waals surface area contributed by atoms with Crippen LogP contribution in [0.2, 0.25) is 10.0 Å². The number of carbonyl (C=O) groups excluding carboxylic acids is 2. The van der Waals surface area contributed by atoms with E-state index in [4.69, 9.17) is 42.1 Å². The van der Waals surface area contributed by atoms with E-state index in [0.717, 1.165) is 52.0 Å². The number of aliphatic hydroxyl groups is 2. The Labute approximate surface area is 388 Å². The third kappa shape index (κ3) is 15.4. The van der Waals surface area contributed by atoms with Crippen LogP contribution in [-0.4, -0.2) is 152 Å². The molecule has 19 heteroatoms. The second-order valence-corrected chi connectivity index (χ2v) is 16.0. The number of anilines is 2. The van der Waals surface area contributed by atoms with Crippen molar-refractivity contribution in [3.8, 4) is 22.3 Å². The van der Waals surface area contributed by atoms with Crippen molar-refractivity contribution in [1.82, 2.24) is 35.9 Å². The van der Waals surface area contributed by atoms with Gasteiger partial charge in [0.15, 0.2) is 12.2 Å². The zero-order chi connectivity index (χ0) is 45.8. The van der Waals surface area contributed by atoms with Crippen molar-refractivity contribution in [2.45, 2.75) is 24.7 Å². The van der Waals surface area contributed by atoms with E-state index in [1.165, 1.54) is 0 Å². The Hall–Kier alpha value is -5.34. The molecule has 5 aromatic rings. The van der Waals surface area contributed by atoms with Crippen LogP contribution in [-0.2, 0) is 35.1 Å². The second-order valence-electron chi connectivity index (χ2n) is 15.1. The number of ether oxygens (including phenoxy) is 4. The molecule has 2 amide bonds. The molecule has 0 radical (unpaired) electrons. The Kier molecular flexibility index (Phi) is 19.6. The SMILES string of the molecule is CN1Cc2c(Cl)cc(Cl)cc2[C@H](c2cccc(-c3cnnc(NCCOCCOCCNC(=O)[C@H](O)[C@@H](O)C(=O)NCCOCCOCCNc4cc(-c5ccccc5)cnn4)c3)c2)C1.